The van der Waals surface area contributed by atoms with Crippen LogP contribution in [0, 0.1) is 0 Å². The number of likely N-dealkylation sites (N-methyl/N-ethyl adjacent to an activating group) is 1. The molecule has 0 unspecified atom stereocenters. The van der Waals surface area contributed by atoms with Crippen molar-refractivity contribution in [3.05, 3.63) is 18.0 Å². The molecule has 0 radical (unpaired) electrons. The fourth-order valence-electron chi connectivity index (χ4n) is 3.43. The Balaban J connectivity index is 2.13. The summed E-state index contributed by atoms with van der Waals surface area (Å²) in [6, 6.07) is 1.47. The quantitative estimate of drug-likeness (QED) is 0.624. The molecular formula is C19H33N5O4S. The van der Waals surface area contributed by atoms with Crippen LogP contribution in [0.25, 0.3) is 0 Å². The van der Waals surface area contributed by atoms with Crippen molar-refractivity contribution in [2.24, 2.45) is 7.05 Å². The van der Waals surface area contributed by atoms with Crippen molar-refractivity contribution in [2.75, 3.05) is 59.9 Å². The molecule has 2 rings (SSSR count). The minimum Gasteiger partial charge on any atom is -0.348 e. The molecule has 2 heterocycles. The maximum Gasteiger partial charge on any atom is 0.270 e. The average Bonchev–Trinajstić information content (AvgIpc) is 2.91. The Morgan fingerprint density at radius 3 is 2.31 bits per heavy atom. The zero-order valence-electron chi connectivity index (χ0n) is 18.1. The van der Waals surface area contributed by atoms with Crippen molar-refractivity contribution in [3.8, 4) is 0 Å². The highest BCUT2D eigenvalue weighted by Crippen LogP contribution is 2.20. The van der Waals surface area contributed by atoms with Crippen LogP contribution in [0.3, 0.4) is 0 Å². The molecule has 10 heteroatoms. The first kappa shape index (κ1) is 23.4. The van der Waals surface area contributed by atoms with Gasteiger partial charge in [0.05, 0.1) is 6.54 Å². The number of nitrogens with zero attached hydrogens (tertiary/aromatic N) is 5. The molecule has 0 aliphatic carbocycles. The third-order valence-electron chi connectivity index (χ3n) is 5.28. The number of sulfonamides is 1. The van der Waals surface area contributed by atoms with E-state index in [0.717, 1.165) is 13.0 Å². The number of carbonyl (C=O) groups excluding carboxylic acids is 2. The minimum absolute atomic E-state index is 0.0402. The summed E-state index contributed by atoms with van der Waals surface area (Å²) in [6.45, 7) is 7.12. The predicted octanol–water partition coefficient (Wildman–Crippen LogP) is 0.292. The van der Waals surface area contributed by atoms with Gasteiger partial charge in [0.2, 0.25) is 15.9 Å². The SMILES string of the molecule is CCN(CC)S(=O)(=O)c1cc(C(=O)N2CCCN(CC(=O)N(C)C)CC2)n(C)c1. The molecule has 0 N–H and O–H groups in total. The van der Waals surface area contributed by atoms with Crippen LogP contribution in [0.1, 0.15) is 30.8 Å². The van der Waals surface area contributed by atoms with Crippen molar-refractivity contribution < 1.29 is 18.0 Å². The zero-order valence-corrected chi connectivity index (χ0v) is 18.9. The molecule has 0 aromatic carbocycles. The molecule has 1 aliphatic rings. The van der Waals surface area contributed by atoms with E-state index in [2.05, 4.69) is 4.90 Å². The Labute approximate surface area is 173 Å². The second kappa shape index (κ2) is 9.73. The van der Waals surface area contributed by atoms with Crippen molar-refractivity contribution in [1.29, 1.82) is 0 Å². The van der Waals surface area contributed by atoms with Gasteiger partial charge in [0.25, 0.3) is 5.91 Å². The summed E-state index contributed by atoms with van der Waals surface area (Å²) >= 11 is 0. The molecule has 1 aromatic rings. The second-order valence-corrected chi connectivity index (χ2v) is 9.41. The van der Waals surface area contributed by atoms with Crippen LogP contribution in [0.2, 0.25) is 0 Å². The Morgan fingerprint density at radius 2 is 1.72 bits per heavy atom. The van der Waals surface area contributed by atoms with Crippen LogP contribution in [-0.2, 0) is 21.9 Å². The molecule has 2 amide bonds. The van der Waals surface area contributed by atoms with Crippen LogP contribution < -0.4 is 0 Å². The maximum absolute atomic E-state index is 13.1. The number of aryl methyl sites for hydroxylation is 1. The van der Waals surface area contributed by atoms with Gasteiger partial charge in [-0.05, 0) is 12.5 Å². The van der Waals surface area contributed by atoms with E-state index in [1.807, 2.05) is 0 Å². The van der Waals surface area contributed by atoms with Gasteiger partial charge < -0.3 is 14.4 Å². The third kappa shape index (κ3) is 5.37. The van der Waals surface area contributed by atoms with Crippen LogP contribution in [0.15, 0.2) is 17.2 Å². The molecule has 1 aromatic heterocycles. The van der Waals surface area contributed by atoms with Gasteiger partial charge in [-0.25, -0.2) is 8.42 Å². The van der Waals surface area contributed by atoms with Gasteiger partial charge in [0, 0.05) is 66.6 Å². The van der Waals surface area contributed by atoms with Gasteiger partial charge in [0.1, 0.15) is 10.6 Å². The molecule has 164 valence electrons. The smallest absolute Gasteiger partial charge is 0.270 e. The molecule has 0 bridgehead atoms. The van der Waals surface area contributed by atoms with Gasteiger partial charge in [-0.1, -0.05) is 13.8 Å². The molecule has 0 spiro atoms. The Hall–Kier alpha value is -1.91. The number of hydrogen-bond donors (Lipinski definition) is 0. The Bertz CT molecular complexity index is 830. The summed E-state index contributed by atoms with van der Waals surface area (Å²) in [5.74, 6) is -0.146. The lowest BCUT2D eigenvalue weighted by Gasteiger charge is -2.23. The van der Waals surface area contributed by atoms with Crippen molar-refractivity contribution >= 4 is 21.8 Å². The van der Waals surface area contributed by atoms with Crippen molar-refractivity contribution in [2.45, 2.75) is 25.2 Å². The lowest BCUT2D eigenvalue weighted by atomic mass is 10.3. The van der Waals surface area contributed by atoms with E-state index in [4.69, 9.17) is 0 Å². The normalized spacial score (nSPS) is 16.1. The molecule has 29 heavy (non-hydrogen) atoms. The zero-order chi connectivity index (χ0) is 21.8. The van der Waals surface area contributed by atoms with Gasteiger partial charge in [0.15, 0.2) is 0 Å². The average molecular weight is 428 g/mol. The number of amides is 2. The summed E-state index contributed by atoms with van der Waals surface area (Å²) in [6.07, 6.45) is 2.27. The lowest BCUT2D eigenvalue weighted by Crippen LogP contribution is -2.39. The standard InChI is InChI=1S/C19H33N5O4S/c1-6-24(7-2)29(27,28)16-13-17(21(5)14-16)19(26)23-10-8-9-22(11-12-23)15-18(25)20(3)4/h13-14H,6-12,15H2,1-5H3. The molecule has 0 saturated carbocycles. The first-order valence-electron chi connectivity index (χ1n) is 10.00. The summed E-state index contributed by atoms with van der Waals surface area (Å²) in [4.78, 5) is 30.5. The Morgan fingerprint density at radius 1 is 1.07 bits per heavy atom. The van der Waals surface area contributed by atoms with Gasteiger partial charge in [-0.15, -0.1) is 0 Å². The van der Waals surface area contributed by atoms with Gasteiger partial charge in [-0.3, -0.25) is 14.5 Å². The summed E-state index contributed by atoms with van der Waals surface area (Å²) < 4.78 is 28.5. The second-order valence-electron chi connectivity index (χ2n) is 7.47. The highest BCUT2D eigenvalue weighted by atomic mass is 32.2. The van der Waals surface area contributed by atoms with E-state index in [1.54, 1.807) is 49.4 Å². The molecule has 9 nitrogen and oxygen atoms in total. The van der Waals surface area contributed by atoms with Crippen LogP contribution in [0.5, 0.6) is 0 Å². The topological polar surface area (TPSA) is 86.2 Å². The fraction of sp³-hybridized carbons (Fsp3) is 0.684. The van der Waals surface area contributed by atoms with E-state index < -0.39 is 10.0 Å². The van der Waals surface area contributed by atoms with E-state index in [0.29, 0.717) is 45.0 Å². The number of carbonyl (C=O) groups is 2. The third-order valence-corrected chi connectivity index (χ3v) is 7.29. The predicted molar refractivity (Wildman–Crippen MR) is 111 cm³/mol. The molecule has 1 aliphatic heterocycles. The minimum atomic E-state index is -3.61. The number of rotatable bonds is 7. The highest BCUT2D eigenvalue weighted by molar-refractivity contribution is 7.89. The van der Waals surface area contributed by atoms with Crippen molar-refractivity contribution in [3.63, 3.8) is 0 Å². The summed E-state index contributed by atoms with van der Waals surface area (Å²) in [5.41, 5.74) is 0.355. The molecular weight excluding hydrogens is 394 g/mol. The molecule has 1 fully saturated rings. The number of aromatic nitrogens is 1. The summed E-state index contributed by atoms with van der Waals surface area (Å²) in [5, 5.41) is 0. The van der Waals surface area contributed by atoms with Gasteiger partial charge in [-0.2, -0.15) is 4.31 Å². The molecule has 1 saturated heterocycles. The van der Waals surface area contributed by atoms with E-state index in [-0.39, 0.29) is 16.7 Å². The first-order chi connectivity index (χ1) is 13.6. The van der Waals surface area contributed by atoms with Crippen LogP contribution in [0.4, 0.5) is 0 Å². The fourth-order valence-corrected chi connectivity index (χ4v) is 4.96. The van der Waals surface area contributed by atoms with Crippen LogP contribution >= 0.6 is 0 Å². The maximum atomic E-state index is 13.1. The lowest BCUT2D eigenvalue weighted by molar-refractivity contribution is -0.129. The van der Waals surface area contributed by atoms with Gasteiger partial charge >= 0.3 is 0 Å². The van der Waals surface area contributed by atoms with Crippen molar-refractivity contribution in [1.82, 2.24) is 23.6 Å². The Kier molecular flexibility index (Phi) is 7.84. The monoisotopic (exact) mass is 427 g/mol. The molecule has 0 atom stereocenters. The number of hydrogen-bond acceptors (Lipinski definition) is 5. The summed E-state index contributed by atoms with van der Waals surface area (Å²) in [7, 11) is 1.54. The van der Waals surface area contributed by atoms with E-state index >= 15 is 0 Å². The van der Waals surface area contributed by atoms with E-state index in [1.165, 1.54) is 16.6 Å². The van der Waals surface area contributed by atoms with E-state index in [9.17, 15) is 18.0 Å². The largest absolute Gasteiger partial charge is 0.348 e. The first-order valence-corrected chi connectivity index (χ1v) is 11.4. The van der Waals surface area contributed by atoms with Crippen LogP contribution in [-0.4, -0.2) is 104 Å². The highest BCUT2D eigenvalue weighted by Gasteiger charge is 2.28.